The van der Waals surface area contributed by atoms with E-state index in [9.17, 15) is 4.79 Å². The zero-order valence-electron chi connectivity index (χ0n) is 18.2. The maximum Gasteiger partial charge on any atom is 0.150 e. The van der Waals surface area contributed by atoms with Crippen molar-refractivity contribution in [2.75, 3.05) is 18.0 Å². The third-order valence-electron chi connectivity index (χ3n) is 6.17. The van der Waals surface area contributed by atoms with Crippen molar-refractivity contribution >= 4 is 12.0 Å². The number of rotatable bonds is 9. The topological polar surface area (TPSA) is 20.3 Å². The minimum atomic E-state index is 0.718. The number of hydrogen-bond donors (Lipinski definition) is 0. The minimum Gasteiger partial charge on any atom is -0.372 e. The van der Waals surface area contributed by atoms with Crippen LogP contribution in [0.2, 0.25) is 0 Å². The fourth-order valence-electron chi connectivity index (χ4n) is 4.40. The second-order valence-electron chi connectivity index (χ2n) is 8.32. The lowest BCUT2D eigenvalue weighted by atomic mass is 9.98. The fraction of sp³-hybridized carbons (Fsp3) is 0.321. The van der Waals surface area contributed by atoms with Gasteiger partial charge < -0.3 is 4.90 Å². The van der Waals surface area contributed by atoms with Gasteiger partial charge in [0.25, 0.3) is 0 Å². The molecule has 0 heterocycles. The van der Waals surface area contributed by atoms with E-state index in [-0.39, 0.29) is 0 Å². The molecule has 4 rings (SSSR count). The molecule has 1 aliphatic carbocycles. The Morgan fingerprint density at radius 1 is 0.767 bits per heavy atom. The highest BCUT2D eigenvalue weighted by Gasteiger charge is 2.20. The molecule has 0 unspecified atom stereocenters. The molecule has 2 nitrogen and oxygen atoms in total. The molecule has 0 aliphatic heterocycles. The van der Waals surface area contributed by atoms with Gasteiger partial charge >= 0.3 is 0 Å². The van der Waals surface area contributed by atoms with Crippen molar-refractivity contribution in [3.8, 4) is 22.3 Å². The second kappa shape index (κ2) is 9.30. The normalized spacial score (nSPS) is 11.8. The summed E-state index contributed by atoms with van der Waals surface area (Å²) in [6.07, 6.45) is 6.84. The van der Waals surface area contributed by atoms with Crippen LogP contribution in [0.4, 0.5) is 5.69 Å². The Morgan fingerprint density at radius 3 is 2.00 bits per heavy atom. The smallest absolute Gasteiger partial charge is 0.150 e. The average Bonchev–Trinajstić information content (AvgIpc) is 3.16. The number of benzene rings is 3. The Balaban J connectivity index is 1.59. The molecule has 1 aliphatic rings. The molecule has 30 heavy (non-hydrogen) atoms. The fourth-order valence-corrected chi connectivity index (χ4v) is 4.40. The predicted molar refractivity (Wildman–Crippen MR) is 128 cm³/mol. The highest BCUT2D eigenvalue weighted by Crippen LogP contribution is 2.40. The van der Waals surface area contributed by atoms with Crippen molar-refractivity contribution in [1.82, 2.24) is 0 Å². The van der Waals surface area contributed by atoms with E-state index in [1.807, 2.05) is 24.3 Å². The minimum absolute atomic E-state index is 0.718. The van der Waals surface area contributed by atoms with Gasteiger partial charge in [0, 0.05) is 24.3 Å². The number of carbonyl (C=O) groups is 1. The van der Waals surface area contributed by atoms with Crippen molar-refractivity contribution in [2.24, 2.45) is 0 Å². The van der Waals surface area contributed by atoms with Crippen molar-refractivity contribution < 1.29 is 4.79 Å². The molecule has 2 heteroatoms. The van der Waals surface area contributed by atoms with E-state index in [0.717, 1.165) is 36.9 Å². The Morgan fingerprint density at radius 2 is 1.37 bits per heavy atom. The van der Waals surface area contributed by atoms with E-state index in [0.29, 0.717) is 0 Å². The summed E-state index contributed by atoms with van der Waals surface area (Å²) in [6, 6.07) is 21.7. The molecule has 0 saturated heterocycles. The third-order valence-corrected chi connectivity index (χ3v) is 6.17. The van der Waals surface area contributed by atoms with Gasteiger partial charge in [-0.25, -0.2) is 0 Å². The first-order valence-electron chi connectivity index (χ1n) is 11.3. The van der Waals surface area contributed by atoms with Crippen LogP contribution in [0.1, 0.15) is 61.0 Å². The highest BCUT2D eigenvalue weighted by molar-refractivity contribution is 5.82. The molecule has 0 spiro atoms. The molecule has 0 N–H and O–H groups in total. The lowest BCUT2D eigenvalue weighted by molar-refractivity contribution is 0.112. The van der Waals surface area contributed by atoms with Crippen molar-refractivity contribution in [3.05, 3.63) is 77.4 Å². The lowest BCUT2D eigenvalue weighted by Crippen LogP contribution is -2.25. The molecule has 0 fully saturated rings. The Bertz CT molecular complexity index is 1010. The van der Waals surface area contributed by atoms with Gasteiger partial charge in [0.15, 0.2) is 0 Å². The number of aldehydes is 1. The van der Waals surface area contributed by atoms with E-state index in [4.69, 9.17) is 0 Å². The molecule has 0 atom stereocenters. The molecule has 0 radical (unpaired) electrons. The van der Waals surface area contributed by atoms with Crippen LogP contribution in [-0.4, -0.2) is 19.4 Å². The Hall–Kier alpha value is -2.87. The van der Waals surface area contributed by atoms with Gasteiger partial charge in [0.2, 0.25) is 0 Å². The van der Waals surface area contributed by atoms with E-state index in [2.05, 4.69) is 55.1 Å². The van der Waals surface area contributed by atoms with Gasteiger partial charge in [-0.1, -0.05) is 75.2 Å². The summed E-state index contributed by atoms with van der Waals surface area (Å²) in [5.41, 5.74) is 10.0. The Kier molecular flexibility index (Phi) is 6.32. The highest BCUT2D eigenvalue weighted by atomic mass is 16.1. The third kappa shape index (κ3) is 4.18. The summed E-state index contributed by atoms with van der Waals surface area (Å²) >= 11 is 0. The van der Waals surface area contributed by atoms with Gasteiger partial charge in [0.05, 0.1) is 0 Å². The van der Waals surface area contributed by atoms with Crippen LogP contribution in [0.5, 0.6) is 0 Å². The van der Waals surface area contributed by atoms with Crippen LogP contribution in [-0.2, 0) is 6.42 Å². The standard InChI is InChI=1S/C28H31NO/c1-3-5-15-29(16-6-4-2)26-12-14-28-25(19-26)18-24-17-23(11-13-27(24)28)22-9-7-21(20-30)8-10-22/h7-14,17,19-20H,3-6,15-16,18H2,1-2H3. The monoisotopic (exact) mass is 397 g/mol. The molecule has 0 bridgehead atoms. The molecule has 0 aromatic heterocycles. The van der Waals surface area contributed by atoms with Crippen LogP contribution < -0.4 is 4.90 Å². The molecular formula is C28H31NO. The van der Waals surface area contributed by atoms with Crippen LogP contribution in [0.3, 0.4) is 0 Å². The zero-order valence-corrected chi connectivity index (χ0v) is 18.2. The first kappa shape index (κ1) is 20.4. The van der Waals surface area contributed by atoms with Gasteiger partial charge in [-0.15, -0.1) is 0 Å². The van der Waals surface area contributed by atoms with Gasteiger partial charge in [-0.3, -0.25) is 4.79 Å². The second-order valence-corrected chi connectivity index (χ2v) is 8.32. The number of anilines is 1. The number of fused-ring (bicyclic) bond motifs is 3. The molecule has 3 aromatic carbocycles. The van der Waals surface area contributed by atoms with E-state index in [1.54, 1.807) is 0 Å². The zero-order chi connectivity index (χ0) is 20.9. The molecule has 0 amide bonds. The summed E-state index contributed by atoms with van der Waals surface area (Å²) in [5, 5.41) is 0. The first-order chi connectivity index (χ1) is 14.7. The lowest BCUT2D eigenvalue weighted by Gasteiger charge is -2.25. The quantitative estimate of drug-likeness (QED) is 0.280. The molecule has 154 valence electrons. The number of carbonyl (C=O) groups excluding carboxylic acids is 1. The Labute approximate surface area is 180 Å². The summed E-state index contributed by atoms with van der Waals surface area (Å²) in [7, 11) is 0. The van der Waals surface area contributed by atoms with Crippen molar-refractivity contribution in [1.29, 1.82) is 0 Å². The summed E-state index contributed by atoms with van der Waals surface area (Å²) in [6.45, 7) is 6.81. The van der Waals surface area contributed by atoms with Crippen molar-refractivity contribution in [2.45, 2.75) is 46.0 Å². The van der Waals surface area contributed by atoms with E-state index in [1.165, 1.54) is 59.2 Å². The van der Waals surface area contributed by atoms with Crippen molar-refractivity contribution in [3.63, 3.8) is 0 Å². The van der Waals surface area contributed by atoms with Gasteiger partial charge in [0.1, 0.15) is 6.29 Å². The van der Waals surface area contributed by atoms with E-state index < -0.39 is 0 Å². The maximum absolute atomic E-state index is 10.9. The van der Waals surface area contributed by atoms with Gasteiger partial charge in [-0.2, -0.15) is 0 Å². The average molecular weight is 398 g/mol. The number of hydrogen-bond acceptors (Lipinski definition) is 2. The van der Waals surface area contributed by atoms with Crippen LogP contribution in [0, 0.1) is 0 Å². The molecule has 3 aromatic rings. The summed E-state index contributed by atoms with van der Waals surface area (Å²) in [4.78, 5) is 13.5. The summed E-state index contributed by atoms with van der Waals surface area (Å²) < 4.78 is 0. The molecule has 0 saturated carbocycles. The first-order valence-corrected chi connectivity index (χ1v) is 11.3. The predicted octanol–water partition coefficient (Wildman–Crippen LogP) is 7.14. The SMILES string of the molecule is CCCCN(CCCC)c1ccc2c(c1)Cc1cc(-c3ccc(C=O)cc3)ccc1-2. The number of nitrogens with zero attached hydrogens (tertiary/aromatic N) is 1. The van der Waals surface area contributed by atoms with Crippen LogP contribution in [0.15, 0.2) is 60.7 Å². The largest absolute Gasteiger partial charge is 0.372 e. The van der Waals surface area contributed by atoms with Gasteiger partial charge in [-0.05, 0) is 64.8 Å². The van der Waals surface area contributed by atoms with Crippen LogP contribution in [0.25, 0.3) is 22.3 Å². The maximum atomic E-state index is 10.9. The molecular weight excluding hydrogens is 366 g/mol. The number of unbranched alkanes of at least 4 members (excludes halogenated alkanes) is 2. The van der Waals surface area contributed by atoms with Crippen LogP contribution >= 0.6 is 0 Å². The summed E-state index contributed by atoms with van der Waals surface area (Å²) in [5.74, 6) is 0. The van der Waals surface area contributed by atoms with E-state index >= 15 is 0 Å².